The minimum Gasteiger partial charge on any atom is -0.481 e. The van der Waals surface area contributed by atoms with E-state index in [1.54, 1.807) is 0 Å². The highest BCUT2D eigenvalue weighted by atomic mass is 16.4. The Labute approximate surface area is 132 Å². The van der Waals surface area contributed by atoms with Crippen molar-refractivity contribution in [1.82, 2.24) is 0 Å². The maximum Gasteiger partial charge on any atom is 0.309 e. The predicted molar refractivity (Wildman–Crippen MR) is 91.6 cm³/mol. The van der Waals surface area contributed by atoms with Crippen LogP contribution in [0.2, 0.25) is 0 Å². The van der Waals surface area contributed by atoms with Gasteiger partial charge in [-0.2, -0.15) is 0 Å². The number of hydrogen-bond donors (Lipinski definition) is 1. The van der Waals surface area contributed by atoms with E-state index >= 15 is 0 Å². The van der Waals surface area contributed by atoms with Crippen molar-refractivity contribution in [2.45, 2.75) is 92.9 Å². The van der Waals surface area contributed by atoms with Gasteiger partial charge in [-0.05, 0) is 50.9 Å². The first kappa shape index (κ1) is 20.2. The minimum atomic E-state index is -0.604. The van der Waals surface area contributed by atoms with Crippen molar-refractivity contribution in [3.8, 4) is 0 Å². The average Bonchev–Trinajstić information content (AvgIpc) is 2.50. The topological polar surface area (TPSA) is 37.3 Å². The van der Waals surface area contributed by atoms with Crippen molar-refractivity contribution in [1.29, 1.82) is 0 Å². The summed E-state index contributed by atoms with van der Waals surface area (Å²) in [5, 5.41) is 9.88. The molecule has 0 spiro atoms. The van der Waals surface area contributed by atoms with Crippen molar-refractivity contribution >= 4 is 5.97 Å². The molecule has 1 atom stereocenters. The summed E-state index contributed by atoms with van der Waals surface area (Å²) >= 11 is 0. The van der Waals surface area contributed by atoms with Gasteiger partial charge >= 0.3 is 5.97 Å². The SMILES string of the molecule is CCCCC(CC)(CC(C=C(C)CC)(CC)CC)C(=O)O. The lowest BCUT2D eigenvalue weighted by Gasteiger charge is -2.39. The Hall–Kier alpha value is -0.790. The van der Waals surface area contributed by atoms with E-state index in [0.717, 1.165) is 51.4 Å². The molecule has 0 aromatic carbocycles. The molecule has 1 unspecified atom stereocenters. The molecule has 0 aromatic heterocycles. The largest absolute Gasteiger partial charge is 0.481 e. The Kier molecular flexibility index (Phi) is 8.92. The van der Waals surface area contributed by atoms with Gasteiger partial charge in [0, 0.05) is 0 Å². The van der Waals surface area contributed by atoms with Crippen LogP contribution in [0.4, 0.5) is 0 Å². The Bertz CT molecular complexity index is 339. The predicted octanol–water partition coefficient (Wildman–Crippen LogP) is 6.21. The van der Waals surface area contributed by atoms with Gasteiger partial charge < -0.3 is 5.11 Å². The van der Waals surface area contributed by atoms with Crippen LogP contribution in [-0.2, 0) is 4.79 Å². The summed E-state index contributed by atoms with van der Waals surface area (Å²) in [7, 11) is 0. The quantitative estimate of drug-likeness (QED) is 0.460. The molecule has 0 fully saturated rings. The normalized spacial score (nSPS) is 15.8. The van der Waals surface area contributed by atoms with Crippen molar-refractivity contribution < 1.29 is 9.90 Å². The molecule has 0 saturated carbocycles. The number of hydrogen-bond acceptors (Lipinski definition) is 1. The van der Waals surface area contributed by atoms with Crippen molar-refractivity contribution in [3.63, 3.8) is 0 Å². The van der Waals surface area contributed by atoms with E-state index in [9.17, 15) is 9.90 Å². The highest BCUT2D eigenvalue weighted by Crippen LogP contribution is 2.46. The standard InChI is InChI=1S/C19H36O2/c1-7-12-13-19(11-5,17(20)21)15-18(9-3,10-4)14-16(6)8-2/h14H,7-13,15H2,1-6H3,(H,20,21). The summed E-state index contributed by atoms with van der Waals surface area (Å²) in [6.45, 7) is 12.9. The maximum absolute atomic E-state index is 12.0. The molecule has 0 aliphatic heterocycles. The van der Waals surface area contributed by atoms with Gasteiger partial charge in [0.1, 0.15) is 0 Å². The molecular weight excluding hydrogens is 260 g/mol. The number of carboxylic acids is 1. The third kappa shape index (κ3) is 5.48. The van der Waals surface area contributed by atoms with Crippen molar-refractivity contribution in [2.75, 3.05) is 0 Å². The fourth-order valence-corrected chi connectivity index (χ4v) is 3.29. The van der Waals surface area contributed by atoms with Gasteiger partial charge in [0.25, 0.3) is 0 Å². The zero-order chi connectivity index (χ0) is 16.5. The third-order valence-corrected chi connectivity index (χ3v) is 5.35. The first-order chi connectivity index (χ1) is 9.85. The first-order valence-corrected chi connectivity index (χ1v) is 8.77. The highest BCUT2D eigenvalue weighted by molar-refractivity contribution is 5.74. The lowest BCUT2D eigenvalue weighted by Crippen LogP contribution is -2.37. The van der Waals surface area contributed by atoms with Gasteiger partial charge in [-0.1, -0.05) is 59.1 Å². The molecule has 0 rings (SSSR count). The second-order valence-electron chi connectivity index (χ2n) is 6.63. The number of aliphatic carboxylic acids is 1. The Balaban J connectivity index is 5.55. The minimum absolute atomic E-state index is 0.0300. The van der Waals surface area contributed by atoms with E-state index in [1.807, 2.05) is 6.92 Å². The van der Waals surface area contributed by atoms with Gasteiger partial charge in [-0.3, -0.25) is 4.79 Å². The van der Waals surface area contributed by atoms with Crippen LogP contribution in [0.1, 0.15) is 92.9 Å². The molecule has 0 aliphatic carbocycles. The number of carbonyl (C=O) groups is 1. The van der Waals surface area contributed by atoms with Gasteiger partial charge in [-0.15, -0.1) is 0 Å². The summed E-state index contributed by atoms with van der Waals surface area (Å²) in [6, 6.07) is 0. The fourth-order valence-electron chi connectivity index (χ4n) is 3.29. The molecule has 124 valence electrons. The third-order valence-electron chi connectivity index (χ3n) is 5.35. The highest BCUT2D eigenvalue weighted by Gasteiger charge is 2.42. The summed E-state index contributed by atoms with van der Waals surface area (Å²) in [5.74, 6) is -0.604. The smallest absolute Gasteiger partial charge is 0.309 e. The Morgan fingerprint density at radius 2 is 1.62 bits per heavy atom. The van der Waals surface area contributed by atoms with Crippen LogP contribution in [-0.4, -0.2) is 11.1 Å². The van der Waals surface area contributed by atoms with Crippen molar-refractivity contribution in [3.05, 3.63) is 11.6 Å². The lowest BCUT2D eigenvalue weighted by molar-refractivity contribution is -0.152. The molecule has 0 aliphatic rings. The zero-order valence-electron chi connectivity index (χ0n) is 15.1. The number of allylic oxidation sites excluding steroid dienone is 2. The van der Waals surface area contributed by atoms with E-state index in [4.69, 9.17) is 0 Å². The maximum atomic E-state index is 12.0. The first-order valence-electron chi connectivity index (χ1n) is 8.77. The summed E-state index contributed by atoms with van der Waals surface area (Å²) in [4.78, 5) is 12.0. The number of rotatable bonds is 11. The number of unbranched alkanes of at least 4 members (excludes halogenated alkanes) is 1. The molecule has 21 heavy (non-hydrogen) atoms. The fraction of sp³-hybridized carbons (Fsp3) is 0.842. The molecule has 0 heterocycles. The second kappa shape index (κ2) is 9.27. The van der Waals surface area contributed by atoms with Gasteiger partial charge in [0.05, 0.1) is 5.41 Å². The van der Waals surface area contributed by atoms with Crippen LogP contribution in [0.25, 0.3) is 0 Å². The monoisotopic (exact) mass is 296 g/mol. The molecular formula is C19H36O2. The van der Waals surface area contributed by atoms with Gasteiger partial charge in [0.15, 0.2) is 0 Å². The second-order valence-corrected chi connectivity index (χ2v) is 6.63. The average molecular weight is 296 g/mol. The molecule has 0 bridgehead atoms. The van der Waals surface area contributed by atoms with Crippen LogP contribution >= 0.6 is 0 Å². The Morgan fingerprint density at radius 1 is 1.05 bits per heavy atom. The Morgan fingerprint density at radius 3 is 1.95 bits per heavy atom. The molecule has 0 radical (unpaired) electrons. The van der Waals surface area contributed by atoms with Crippen molar-refractivity contribution in [2.24, 2.45) is 10.8 Å². The molecule has 0 saturated heterocycles. The molecule has 0 aromatic rings. The van der Waals surface area contributed by atoms with Gasteiger partial charge in [-0.25, -0.2) is 0 Å². The molecule has 1 N–H and O–H groups in total. The summed E-state index contributed by atoms with van der Waals surface area (Å²) in [6.07, 6.45) is 9.80. The van der Waals surface area contributed by atoms with Crippen LogP contribution in [0, 0.1) is 10.8 Å². The lowest BCUT2D eigenvalue weighted by atomic mass is 9.64. The zero-order valence-corrected chi connectivity index (χ0v) is 15.1. The van der Waals surface area contributed by atoms with Gasteiger partial charge in [0.2, 0.25) is 0 Å². The molecule has 2 nitrogen and oxygen atoms in total. The van der Waals surface area contributed by atoms with Crippen LogP contribution in [0.5, 0.6) is 0 Å². The van der Waals surface area contributed by atoms with Crippen LogP contribution in [0.3, 0.4) is 0 Å². The number of carboxylic acid groups (broad SMARTS) is 1. The molecule has 0 amide bonds. The van der Waals surface area contributed by atoms with E-state index < -0.39 is 11.4 Å². The van der Waals surface area contributed by atoms with Crippen LogP contribution in [0.15, 0.2) is 11.6 Å². The summed E-state index contributed by atoms with van der Waals surface area (Å²) in [5.41, 5.74) is 0.846. The van der Waals surface area contributed by atoms with E-state index in [-0.39, 0.29) is 5.41 Å². The molecule has 2 heteroatoms. The van der Waals surface area contributed by atoms with E-state index in [2.05, 4.69) is 40.7 Å². The van der Waals surface area contributed by atoms with E-state index in [0.29, 0.717) is 0 Å². The summed E-state index contributed by atoms with van der Waals surface area (Å²) < 4.78 is 0. The van der Waals surface area contributed by atoms with Crippen LogP contribution < -0.4 is 0 Å². The van der Waals surface area contributed by atoms with E-state index in [1.165, 1.54) is 5.57 Å².